The molecule has 0 saturated heterocycles. The molecule has 0 unspecified atom stereocenters. The maximum absolute atomic E-state index is 12.4. The van der Waals surface area contributed by atoms with Gasteiger partial charge in [-0.3, -0.25) is 4.79 Å². The zero-order valence-electron chi connectivity index (χ0n) is 14.6. The smallest absolute Gasteiger partial charge is 0.251 e. The van der Waals surface area contributed by atoms with E-state index in [1.54, 1.807) is 0 Å². The second-order valence-corrected chi connectivity index (χ2v) is 6.77. The number of carbonyl (C=O) groups is 1. The number of ether oxygens (including phenoxy) is 1. The molecule has 0 fully saturated rings. The summed E-state index contributed by atoms with van der Waals surface area (Å²) in [4.78, 5) is 12.4. The van der Waals surface area contributed by atoms with Crippen molar-refractivity contribution in [1.29, 1.82) is 0 Å². The van der Waals surface area contributed by atoms with E-state index in [4.69, 9.17) is 4.74 Å². The average molecular weight is 323 g/mol. The molecule has 0 aromatic heterocycles. The van der Waals surface area contributed by atoms with Crippen molar-refractivity contribution >= 4 is 5.91 Å². The van der Waals surface area contributed by atoms with Gasteiger partial charge >= 0.3 is 0 Å². The molecule has 24 heavy (non-hydrogen) atoms. The Kier molecular flexibility index (Phi) is 4.89. The lowest BCUT2D eigenvalue weighted by molar-refractivity contribution is 0.0940. The van der Waals surface area contributed by atoms with Gasteiger partial charge in [0.05, 0.1) is 12.1 Å². The number of hydrogen-bond donors (Lipinski definition) is 1. The molecule has 2 aromatic carbocycles. The van der Waals surface area contributed by atoms with Crippen LogP contribution in [0, 0.1) is 0 Å². The highest BCUT2D eigenvalue weighted by Crippen LogP contribution is 2.25. The molecule has 0 aliphatic heterocycles. The van der Waals surface area contributed by atoms with E-state index in [0.29, 0.717) is 5.56 Å². The summed E-state index contributed by atoms with van der Waals surface area (Å²) in [5.41, 5.74) is 4.71. The number of amides is 1. The number of carbonyl (C=O) groups excluding carboxylic acids is 1. The third kappa shape index (κ3) is 3.78. The van der Waals surface area contributed by atoms with Crippen molar-refractivity contribution in [2.75, 3.05) is 0 Å². The van der Waals surface area contributed by atoms with Gasteiger partial charge in [-0.15, -0.1) is 0 Å². The molecular formula is C21H25NO2. The van der Waals surface area contributed by atoms with Gasteiger partial charge in [-0.1, -0.05) is 18.2 Å². The summed E-state index contributed by atoms with van der Waals surface area (Å²) in [7, 11) is 0. The number of hydrogen-bond acceptors (Lipinski definition) is 2. The lowest BCUT2D eigenvalue weighted by Gasteiger charge is -2.16. The Balaban J connectivity index is 1.65. The van der Waals surface area contributed by atoms with Crippen LogP contribution in [0.4, 0.5) is 0 Å². The molecule has 1 amide bonds. The highest BCUT2D eigenvalue weighted by molar-refractivity contribution is 5.94. The van der Waals surface area contributed by atoms with Crippen molar-refractivity contribution in [1.82, 2.24) is 5.32 Å². The minimum Gasteiger partial charge on any atom is -0.491 e. The first-order valence-electron chi connectivity index (χ1n) is 8.72. The van der Waals surface area contributed by atoms with Crippen LogP contribution in [0.2, 0.25) is 0 Å². The summed E-state index contributed by atoms with van der Waals surface area (Å²) in [6.07, 6.45) is 3.71. The number of rotatable bonds is 5. The summed E-state index contributed by atoms with van der Waals surface area (Å²) in [6, 6.07) is 13.9. The molecular weight excluding hydrogens is 298 g/mol. The van der Waals surface area contributed by atoms with E-state index in [9.17, 15) is 4.79 Å². The fraction of sp³-hybridized carbons (Fsp3) is 0.381. The van der Waals surface area contributed by atoms with Crippen molar-refractivity contribution < 1.29 is 9.53 Å². The van der Waals surface area contributed by atoms with Gasteiger partial charge in [-0.05, 0) is 81.0 Å². The van der Waals surface area contributed by atoms with Crippen LogP contribution >= 0.6 is 0 Å². The molecule has 0 saturated carbocycles. The Hall–Kier alpha value is -2.29. The van der Waals surface area contributed by atoms with Crippen LogP contribution in [-0.4, -0.2) is 12.0 Å². The average Bonchev–Trinajstić information content (AvgIpc) is 3.02. The zero-order chi connectivity index (χ0) is 17.1. The van der Waals surface area contributed by atoms with E-state index in [0.717, 1.165) is 12.2 Å². The van der Waals surface area contributed by atoms with Crippen LogP contribution in [0.3, 0.4) is 0 Å². The van der Waals surface area contributed by atoms with Gasteiger partial charge in [0.1, 0.15) is 5.75 Å². The molecule has 2 aromatic rings. The van der Waals surface area contributed by atoms with Crippen LogP contribution in [0.1, 0.15) is 60.3 Å². The van der Waals surface area contributed by atoms with E-state index in [2.05, 4.69) is 23.5 Å². The number of nitrogens with one attached hydrogen (secondary N) is 1. The Bertz CT molecular complexity index is 719. The van der Waals surface area contributed by atoms with E-state index in [1.165, 1.54) is 29.5 Å². The van der Waals surface area contributed by atoms with Crippen LogP contribution in [-0.2, 0) is 12.8 Å². The largest absolute Gasteiger partial charge is 0.491 e. The van der Waals surface area contributed by atoms with E-state index >= 15 is 0 Å². The minimum absolute atomic E-state index is 0.00464. The number of benzene rings is 2. The second-order valence-electron chi connectivity index (χ2n) is 6.77. The molecule has 1 atom stereocenters. The van der Waals surface area contributed by atoms with Gasteiger partial charge in [0.15, 0.2) is 0 Å². The van der Waals surface area contributed by atoms with Gasteiger partial charge < -0.3 is 10.1 Å². The van der Waals surface area contributed by atoms with Crippen molar-refractivity contribution in [3.63, 3.8) is 0 Å². The van der Waals surface area contributed by atoms with E-state index in [1.807, 2.05) is 45.0 Å². The molecule has 0 bridgehead atoms. The van der Waals surface area contributed by atoms with Gasteiger partial charge in [0.2, 0.25) is 0 Å². The fourth-order valence-electron chi connectivity index (χ4n) is 3.18. The van der Waals surface area contributed by atoms with Crippen molar-refractivity contribution in [2.24, 2.45) is 0 Å². The molecule has 0 radical (unpaired) electrons. The van der Waals surface area contributed by atoms with Crippen LogP contribution in [0.5, 0.6) is 5.75 Å². The molecule has 1 N–H and O–H groups in total. The molecule has 3 rings (SSSR count). The monoisotopic (exact) mass is 323 g/mol. The highest BCUT2D eigenvalue weighted by atomic mass is 16.5. The SMILES string of the molecule is CC(C)Oc1ccc(C(=O)N[C@H](C)c2ccc3c(c2)CCC3)cc1. The fourth-order valence-corrected chi connectivity index (χ4v) is 3.18. The van der Waals surface area contributed by atoms with Crippen LogP contribution in [0.15, 0.2) is 42.5 Å². The first kappa shape index (κ1) is 16.6. The maximum atomic E-state index is 12.4. The van der Waals surface area contributed by atoms with Crippen molar-refractivity contribution in [3.05, 3.63) is 64.7 Å². The van der Waals surface area contributed by atoms with E-state index < -0.39 is 0 Å². The lowest BCUT2D eigenvalue weighted by atomic mass is 10.0. The lowest BCUT2D eigenvalue weighted by Crippen LogP contribution is -2.26. The van der Waals surface area contributed by atoms with E-state index in [-0.39, 0.29) is 18.1 Å². The highest BCUT2D eigenvalue weighted by Gasteiger charge is 2.15. The van der Waals surface area contributed by atoms with Gasteiger partial charge in [0, 0.05) is 5.56 Å². The zero-order valence-corrected chi connectivity index (χ0v) is 14.6. The van der Waals surface area contributed by atoms with Gasteiger partial charge in [0.25, 0.3) is 5.91 Å². The van der Waals surface area contributed by atoms with Crippen molar-refractivity contribution in [2.45, 2.75) is 52.2 Å². The molecule has 1 aliphatic rings. The number of fused-ring (bicyclic) bond motifs is 1. The third-order valence-electron chi connectivity index (χ3n) is 4.46. The third-order valence-corrected chi connectivity index (χ3v) is 4.46. The van der Waals surface area contributed by atoms with Gasteiger partial charge in [-0.2, -0.15) is 0 Å². The van der Waals surface area contributed by atoms with Gasteiger partial charge in [-0.25, -0.2) is 0 Å². The predicted molar refractivity (Wildman–Crippen MR) is 96.6 cm³/mol. The molecule has 3 nitrogen and oxygen atoms in total. The van der Waals surface area contributed by atoms with Crippen LogP contribution < -0.4 is 10.1 Å². The quantitative estimate of drug-likeness (QED) is 0.882. The Morgan fingerprint density at radius 2 is 1.71 bits per heavy atom. The molecule has 0 heterocycles. The first-order valence-corrected chi connectivity index (χ1v) is 8.72. The molecule has 126 valence electrons. The molecule has 1 aliphatic carbocycles. The predicted octanol–water partition coefficient (Wildman–Crippen LogP) is 4.45. The maximum Gasteiger partial charge on any atom is 0.251 e. The Morgan fingerprint density at radius 1 is 1.00 bits per heavy atom. The Morgan fingerprint density at radius 3 is 2.42 bits per heavy atom. The standard InChI is InChI=1S/C21H25NO2/c1-14(2)24-20-11-9-17(10-12-20)21(23)22-15(3)18-8-7-16-5-4-6-19(16)13-18/h7-15H,4-6H2,1-3H3,(H,22,23)/t15-/m1/s1. The summed E-state index contributed by atoms with van der Waals surface area (Å²) < 4.78 is 5.61. The minimum atomic E-state index is -0.0564. The Labute approximate surface area is 144 Å². The molecule has 0 spiro atoms. The number of aryl methyl sites for hydroxylation is 2. The van der Waals surface area contributed by atoms with Crippen LogP contribution in [0.25, 0.3) is 0 Å². The summed E-state index contributed by atoms with van der Waals surface area (Å²) in [6.45, 7) is 6.00. The normalized spacial score (nSPS) is 14.3. The molecule has 3 heteroatoms. The second kappa shape index (κ2) is 7.08. The topological polar surface area (TPSA) is 38.3 Å². The summed E-state index contributed by atoms with van der Waals surface area (Å²) >= 11 is 0. The van der Waals surface area contributed by atoms with Crippen molar-refractivity contribution in [3.8, 4) is 5.75 Å². The summed E-state index contributed by atoms with van der Waals surface area (Å²) in [5, 5.41) is 3.08. The first-order chi connectivity index (χ1) is 11.5. The summed E-state index contributed by atoms with van der Waals surface area (Å²) in [5.74, 6) is 0.729.